The second-order valence-corrected chi connectivity index (χ2v) is 4.37. The van der Waals surface area contributed by atoms with Crippen LogP contribution < -0.4 is 14.8 Å². The van der Waals surface area contributed by atoms with Crippen LogP contribution in [0.15, 0.2) is 6.07 Å². The minimum Gasteiger partial charge on any atom is -0.517 e. The molecule has 0 atom stereocenters. The summed E-state index contributed by atoms with van der Waals surface area (Å²) in [5.74, 6) is -19.0. The molecule has 2 aromatic rings. The largest absolute Gasteiger partial charge is 0.636 e. The Labute approximate surface area is 122 Å². The lowest BCUT2D eigenvalue weighted by Gasteiger charge is -2.07. The number of rotatable bonds is 1. The summed E-state index contributed by atoms with van der Waals surface area (Å²) < 4.78 is 115. The highest BCUT2D eigenvalue weighted by atomic mass is 19.2. The van der Waals surface area contributed by atoms with E-state index in [0.717, 1.165) is 0 Å². The average molecular weight is 340 g/mol. The minimum atomic E-state index is -2.22. The molecule has 1 heterocycles. The summed E-state index contributed by atoms with van der Waals surface area (Å²) in [5.41, 5.74) is -1.10. The molecule has 0 aliphatic carbocycles. The van der Waals surface area contributed by atoms with Crippen molar-refractivity contribution in [2.24, 2.45) is 0 Å². The predicted octanol–water partition coefficient (Wildman–Crippen LogP) is 2.97. The third-order valence-corrected chi connectivity index (χ3v) is 3.02. The zero-order valence-electron chi connectivity index (χ0n) is 10.5. The highest BCUT2D eigenvalue weighted by molar-refractivity contribution is 6.63. The Bertz CT molecular complexity index is 804. The van der Waals surface area contributed by atoms with Crippen LogP contribution in [0.25, 0.3) is 0 Å². The van der Waals surface area contributed by atoms with E-state index in [-0.39, 0.29) is 6.07 Å². The first-order valence-corrected chi connectivity index (χ1v) is 5.76. The first-order valence-electron chi connectivity index (χ1n) is 5.76. The molecule has 0 N–H and O–H groups in total. The van der Waals surface area contributed by atoms with E-state index in [2.05, 4.69) is 9.31 Å². The maximum Gasteiger partial charge on any atom is 0.636 e. The van der Waals surface area contributed by atoms with E-state index in [1.54, 1.807) is 0 Å². The Hall–Kier alpha value is -2.46. The molecule has 2 nitrogen and oxygen atoms in total. The fourth-order valence-electron chi connectivity index (χ4n) is 1.93. The van der Waals surface area contributed by atoms with E-state index < -0.39 is 70.6 Å². The van der Waals surface area contributed by atoms with Crippen LogP contribution in [0.3, 0.4) is 0 Å². The van der Waals surface area contributed by atoms with Gasteiger partial charge in [-0.1, -0.05) is 0 Å². The Morgan fingerprint density at radius 3 is 1.48 bits per heavy atom. The van der Waals surface area contributed by atoms with Gasteiger partial charge in [0.15, 0.2) is 34.8 Å². The van der Waals surface area contributed by atoms with E-state index in [1.165, 1.54) is 0 Å². The first-order chi connectivity index (χ1) is 10.7. The second kappa shape index (κ2) is 5.03. The van der Waals surface area contributed by atoms with Gasteiger partial charge in [0.1, 0.15) is 0 Å². The van der Waals surface area contributed by atoms with Crippen LogP contribution in [0.5, 0.6) is 11.5 Å². The molecule has 2 aromatic carbocycles. The second-order valence-electron chi connectivity index (χ2n) is 4.37. The molecule has 1 aliphatic rings. The first kappa shape index (κ1) is 15.4. The van der Waals surface area contributed by atoms with E-state index in [9.17, 15) is 35.1 Å². The monoisotopic (exact) mass is 340 g/mol. The molecule has 3 rings (SSSR count). The van der Waals surface area contributed by atoms with E-state index in [0.29, 0.717) is 0 Å². The van der Waals surface area contributed by atoms with Gasteiger partial charge in [-0.15, -0.1) is 0 Å². The van der Waals surface area contributed by atoms with Crippen molar-refractivity contribution in [2.75, 3.05) is 0 Å². The normalized spacial score (nSPS) is 13.0. The molecule has 1 aliphatic heterocycles. The van der Waals surface area contributed by atoms with E-state index in [4.69, 9.17) is 0 Å². The van der Waals surface area contributed by atoms with Gasteiger partial charge in [0.2, 0.25) is 23.3 Å². The third kappa shape index (κ3) is 2.10. The van der Waals surface area contributed by atoms with Crippen molar-refractivity contribution in [3.8, 4) is 11.5 Å². The molecule has 120 valence electrons. The summed E-state index contributed by atoms with van der Waals surface area (Å²) >= 11 is 0. The topological polar surface area (TPSA) is 18.5 Å². The van der Waals surface area contributed by atoms with Crippen LogP contribution in [0.1, 0.15) is 0 Å². The van der Waals surface area contributed by atoms with E-state index >= 15 is 0 Å². The minimum absolute atomic E-state index is 0.118. The van der Waals surface area contributed by atoms with Crippen molar-refractivity contribution >= 4 is 12.6 Å². The van der Waals surface area contributed by atoms with Gasteiger partial charge >= 0.3 is 7.12 Å². The summed E-state index contributed by atoms with van der Waals surface area (Å²) in [6.45, 7) is 0. The lowest BCUT2D eigenvalue weighted by atomic mass is 9.78. The smallest absolute Gasteiger partial charge is 0.517 e. The summed E-state index contributed by atoms with van der Waals surface area (Å²) in [6, 6.07) is 0.118. The molecule has 0 aromatic heterocycles. The highest BCUT2D eigenvalue weighted by Crippen LogP contribution is 2.41. The van der Waals surface area contributed by atoms with Crippen LogP contribution in [0.2, 0.25) is 0 Å². The number of hydrogen-bond donors (Lipinski definition) is 0. The summed E-state index contributed by atoms with van der Waals surface area (Å²) in [7, 11) is -2.18. The van der Waals surface area contributed by atoms with Gasteiger partial charge < -0.3 is 9.31 Å². The summed E-state index contributed by atoms with van der Waals surface area (Å²) in [5, 5.41) is 0. The summed E-state index contributed by atoms with van der Waals surface area (Å²) in [4.78, 5) is 0. The molecule has 23 heavy (non-hydrogen) atoms. The third-order valence-electron chi connectivity index (χ3n) is 3.02. The highest BCUT2D eigenvalue weighted by Gasteiger charge is 2.44. The van der Waals surface area contributed by atoms with Crippen LogP contribution in [-0.2, 0) is 0 Å². The van der Waals surface area contributed by atoms with Crippen molar-refractivity contribution in [3.05, 3.63) is 52.6 Å². The van der Waals surface area contributed by atoms with Crippen LogP contribution in [0.4, 0.5) is 35.1 Å². The molecular weight excluding hydrogens is 339 g/mol. The van der Waals surface area contributed by atoms with Crippen molar-refractivity contribution in [3.63, 3.8) is 0 Å². The van der Waals surface area contributed by atoms with Crippen molar-refractivity contribution in [1.82, 2.24) is 0 Å². The quantitative estimate of drug-likeness (QED) is 0.344. The SMILES string of the molecule is Fc1cc(B2Oc3c(F)c(F)c(F)c(F)c3O2)c(F)c(F)c1F. The Morgan fingerprint density at radius 1 is 0.565 bits per heavy atom. The van der Waals surface area contributed by atoms with Crippen LogP contribution in [-0.4, -0.2) is 7.12 Å². The lowest BCUT2D eigenvalue weighted by Crippen LogP contribution is -2.42. The van der Waals surface area contributed by atoms with Crippen LogP contribution >= 0.6 is 0 Å². The molecule has 0 spiro atoms. The maximum absolute atomic E-state index is 13.6. The number of fused-ring (bicyclic) bond motifs is 1. The van der Waals surface area contributed by atoms with Gasteiger partial charge in [-0.3, -0.25) is 0 Å². The average Bonchev–Trinajstić information content (AvgIpc) is 2.97. The van der Waals surface area contributed by atoms with Gasteiger partial charge in [-0.25, -0.2) is 26.3 Å². The van der Waals surface area contributed by atoms with Gasteiger partial charge in [0.05, 0.1) is 5.46 Å². The molecular formula is C12HBF8O2. The van der Waals surface area contributed by atoms with Gasteiger partial charge in [-0.05, 0) is 6.07 Å². The van der Waals surface area contributed by atoms with Crippen molar-refractivity contribution < 1.29 is 44.4 Å². The lowest BCUT2D eigenvalue weighted by molar-refractivity contribution is 0.388. The predicted molar refractivity (Wildman–Crippen MR) is 59.2 cm³/mol. The van der Waals surface area contributed by atoms with Crippen molar-refractivity contribution in [1.29, 1.82) is 0 Å². The Kier molecular flexibility index (Phi) is 3.38. The fraction of sp³-hybridized carbons (Fsp3) is 0. The zero-order chi connectivity index (χ0) is 17.0. The molecule has 0 unspecified atom stereocenters. The van der Waals surface area contributed by atoms with Gasteiger partial charge in [0.25, 0.3) is 0 Å². The maximum atomic E-state index is 13.6. The summed E-state index contributed by atoms with van der Waals surface area (Å²) in [6.07, 6.45) is 0. The zero-order valence-corrected chi connectivity index (χ0v) is 10.5. The number of benzene rings is 2. The van der Waals surface area contributed by atoms with Gasteiger partial charge in [0, 0.05) is 0 Å². The number of halogens is 8. The fourth-order valence-corrected chi connectivity index (χ4v) is 1.93. The molecule has 0 saturated carbocycles. The van der Waals surface area contributed by atoms with E-state index in [1.807, 2.05) is 0 Å². The standard InChI is InChI=1S/C12HBF8O2/c14-3-1-2(4(15)6(17)5(3)16)13-22-11-9(20)7(18)8(19)10(21)12(11)23-13/h1H. The van der Waals surface area contributed by atoms with Crippen LogP contribution in [0, 0.1) is 46.5 Å². The molecule has 0 saturated heterocycles. The Morgan fingerprint density at radius 2 is 1.00 bits per heavy atom. The molecule has 0 bridgehead atoms. The molecule has 0 radical (unpaired) electrons. The van der Waals surface area contributed by atoms with Gasteiger partial charge in [-0.2, -0.15) is 8.78 Å². The Balaban J connectivity index is 2.11. The molecule has 11 heteroatoms. The molecule has 0 fully saturated rings. The van der Waals surface area contributed by atoms with Crippen molar-refractivity contribution in [2.45, 2.75) is 0 Å². The number of hydrogen-bond acceptors (Lipinski definition) is 2. The molecule has 0 amide bonds.